The van der Waals surface area contributed by atoms with Gasteiger partial charge < -0.3 is 19.8 Å². The number of nitrogens with zero attached hydrogens (tertiary/aromatic N) is 1. The van der Waals surface area contributed by atoms with E-state index in [4.69, 9.17) is 4.74 Å². The summed E-state index contributed by atoms with van der Waals surface area (Å²) in [6.07, 6.45) is 2.93. The maximum atomic E-state index is 11.0. The molecule has 0 amide bonds. The van der Waals surface area contributed by atoms with Crippen LogP contribution < -0.4 is 0 Å². The van der Waals surface area contributed by atoms with E-state index in [0.717, 1.165) is 38.9 Å². The van der Waals surface area contributed by atoms with E-state index in [1.165, 1.54) is 0 Å². The second-order valence-electron chi connectivity index (χ2n) is 5.72. The molecular formula is C12H21NO3. The Morgan fingerprint density at radius 1 is 1.31 bits per heavy atom. The van der Waals surface area contributed by atoms with Crippen LogP contribution >= 0.6 is 0 Å². The van der Waals surface area contributed by atoms with E-state index in [1.54, 1.807) is 0 Å². The standard InChI is InChI=1S/C12H21NO3/c14-8-11(3-6-16-9-11)12(15)7-13-4-1-10(12)2-5-13/h10,14-15H,1-9H2. The van der Waals surface area contributed by atoms with Crippen LogP contribution in [0.1, 0.15) is 19.3 Å². The van der Waals surface area contributed by atoms with Gasteiger partial charge in [-0.1, -0.05) is 0 Å². The van der Waals surface area contributed by atoms with E-state index in [9.17, 15) is 10.2 Å². The van der Waals surface area contributed by atoms with Gasteiger partial charge in [-0.05, 0) is 38.3 Å². The van der Waals surface area contributed by atoms with Gasteiger partial charge in [0.15, 0.2) is 0 Å². The molecule has 4 fully saturated rings. The van der Waals surface area contributed by atoms with Gasteiger partial charge in [-0.15, -0.1) is 0 Å². The molecule has 2 N–H and O–H groups in total. The van der Waals surface area contributed by atoms with Gasteiger partial charge in [-0.2, -0.15) is 0 Å². The van der Waals surface area contributed by atoms with Crippen molar-refractivity contribution in [2.45, 2.75) is 24.9 Å². The number of piperidine rings is 3. The van der Waals surface area contributed by atoms with Gasteiger partial charge in [0.25, 0.3) is 0 Å². The third-order valence-electron chi connectivity index (χ3n) is 5.05. The first kappa shape index (κ1) is 11.0. The third kappa shape index (κ3) is 1.30. The van der Waals surface area contributed by atoms with Crippen LogP contribution in [0.4, 0.5) is 0 Å². The Hall–Kier alpha value is -0.160. The molecule has 0 aromatic heterocycles. The van der Waals surface area contributed by atoms with Crippen molar-refractivity contribution in [3.8, 4) is 0 Å². The van der Waals surface area contributed by atoms with E-state index in [0.29, 0.717) is 19.1 Å². The van der Waals surface area contributed by atoms with Crippen molar-refractivity contribution < 1.29 is 14.9 Å². The molecule has 2 bridgehead atoms. The van der Waals surface area contributed by atoms with Crippen LogP contribution in [0.2, 0.25) is 0 Å². The van der Waals surface area contributed by atoms with Gasteiger partial charge in [-0.25, -0.2) is 0 Å². The molecule has 2 unspecified atom stereocenters. The van der Waals surface area contributed by atoms with Crippen LogP contribution in [0.3, 0.4) is 0 Å². The summed E-state index contributed by atoms with van der Waals surface area (Å²) in [5, 5.41) is 20.7. The van der Waals surface area contributed by atoms with Gasteiger partial charge in [0.2, 0.25) is 0 Å². The van der Waals surface area contributed by atoms with Crippen molar-refractivity contribution in [2.24, 2.45) is 11.3 Å². The predicted octanol–water partition coefficient (Wildman–Crippen LogP) is -0.158. The lowest BCUT2D eigenvalue weighted by molar-refractivity contribution is -0.198. The molecule has 4 nitrogen and oxygen atoms in total. The molecule has 4 rings (SSSR count). The minimum Gasteiger partial charge on any atom is -0.396 e. The second kappa shape index (κ2) is 3.67. The highest BCUT2D eigenvalue weighted by Gasteiger charge is 2.59. The molecule has 0 aromatic carbocycles. The molecule has 4 heterocycles. The summed E-state index contributed by atoms with van der Waals surface area (Å²) in [5.74, 6) is 0.353. The number of ether oxygens (including phenoxy) is 1. The zero-order valence-electron chi connectivity index (χ0n) is 9.69. The summed E-state index contributed by atoms with van der Waals surface area (Å²) in [4.78, 5) is 2.33. The predicted molar refractivity (Wildman–Crippen MR) is 59.1 cm³/mol. The zero-order valence-corrected chi connectivity index (χ0v) is 9.69. The quantitative estimate of drug-likeness (QED) is 0.688. The maximum absolute atomic E-state index is 11.0. The van der Waals surface area contributed by atoms with Crippen molar-refractivity contribution in [1.82, 2.24) is 4.90 Å². The highest BCUT2D eigenvalue weighted by molar-refractivity contribution is 5.10. The number of rotatable bonds is 2. The molecule has 2 atom stereocenters. The number of hydrogen-bond acceptors (Lipinski definition) is 4. The first-order valence-corrected chi connectivity index (χ1v) is 6.34. The highest BCUT2D eigenvalue weighted by Crippen LogP contribution is 2.49. The summed E-state index contributed by atoms with van der Waals surface area (Å²) in [7, 11) is 0. The van der Waals surface area contributed by atoms with Gasteiger partial charge in [0, 0.05) is 18.6 Å². The molecule has 0 aromatic rings. The fraction of sp³-hybridized carbons (Fsp3) is 1.00. The molecular weight excluding hydrogens is 206 g/mol. The van der Waals surface area contributed by atoms with Crippen LogP contribution in [0.5, 0.6) is 0 Å². The molecule has 0 radical (unpaired) electrons. The van der Waals surface area contributed by atoms with Crippen LogP contribution in [0, 0.1) is 11.3 Å². The molecule has 0 aliphatic carbocycles. The molecule has 0 saturated carbocycles. The molecule has 4 aliphatic rings. The second-order valence-corrected chi connectivity index (χ2v) is 5.72. The Bertz CT molecular complexity index is 269. The Kier molecular flexibility index (Phi) is 2.51. The minimum atomic E-state index is -0.727. The average molecular weight is 227 g/mol. The molecule has 0 spiro atoms. The zero-order chi connectivity index (χ0) is 11.2. The highest BCUT2D eigenvalue weighted by atomic mass is 16.5. The Labute approximate surface area is 96.2 Å². The van der Waals surface area contributed by atoms with E-state index >= 15 is 0 Å². The molecule has 16 heavy (non-hydrogen) atoms. The van der Waals surface area contributed by atoms with Gasteiger partial charge in [-0.3, -0.25) is 0 Å². The van der Waals surface area contributed by atoms with Crippen molar-refractivity contribution in [1.29, 1.82) is 0 Å². The van der Waals surface area contributed by atoms with Crippen molar-refractivity contribution >= 4 is 0 Å². The topological polar surface area (TPSA) is 52.9 Å². The molecule has 92 valence electrons. The normalized spacial score (nSPS) is 52.1. The minimum absolute atomic E-state index is 0.0494. The number of aliphatic hydroxyl groups is 2. The Morgan fingerprint density at radius 2 is 2.06 bits per heavy atom. The van der Waals surface area contributed by atoms with Crippen molar-refractivity contribution in [2.75, 3.05) is 39.5 Å². The van der Waals surface area contributed by atoms with E-state index in [-0.39, 0.29) is 6.61 Å². The number of fused-ring (bicyclic) bond motifs is 3. The first-order valence-electron chi connectivity index (χ1n) is 6.34. The molecule has 4 aliphatic heterocycles. The van der Waals surface area contributed by atoms with Crippen LogP contribution in [-0.2, 0) is 4.74 Å². The van der Waals surface area contributed by atoms with E-state index < -0.39 is 11.0 Å². The van der Waals surface area contributed by atoms with Crippen LogP contribution in [0.15, 0.2) is 0 Å². The Balaban J connectivity index is 1.91. The lowest BCUT2D eigenvalue weighted by Crippen LogP contribution is -2.68. The monoisotopic (exact) mass is 227 g/mol. The van der Waals surface area contributed by atoms with Crippen molar-refractivity contribution in [3.63, 3.8) is 0 Å². The van der Waals surface area contributed by atoms with E-state index in [2.05, 4.69) is 4.90 Å². The summed E-state index contributed by atoms with van der Waals surface area (Å²) < 4.78 is 5.44. The lowest BCUT2D eigenvalue weighted by atomic mass is 9.60. The van der Waals surface area contributed by atoms with E-state index in [1.807, 2.05) is 0 Å². The fourth-order valence-corrected chi connectivity index (χ4v) is 3.85. The van der Waals surface area contributed by atoms with Gasteiger partial charge >= 0.3 is 0 Å². The number of aliphatic hydroxyl groups excluding tert-OH is 1. The van der Waals surface area contributed by atoms with Gasteiger partial charge in [0.1, 0.15) is 0 Å². The van der Waals surface area contributed by atoms with Gasteiger partial charge in [0.05, 0.1) is 18.8 Å². The summed E-state index contributed by atoms with van der Waals surface area (Å²) in [5.41, 5.74) is -1.13. The third-order valence-corrected chi connectivity index (χ3v) is 5.05. The summed E-state index contributed by atoms with van der Waals surface area (Å²) >= 11 is 0. The summed E-state index contributed by atoms with van der Waals surface area (Å²) in [6.45, 7) is 4.18. The average Bonchev–Trinajstić information content (AvgIpc) is 2.80. The fourth-order valence-electron chi connectivity index (χ4n) is 3.85. The SMILES string of the molecule is OCC1(C2(O)CN3CCC2CC3)CCOC1. The molecule has 4 saturated heterocycles. The van der Waals surface area contributed by atoms with Crippen molar-refractivity contribution in [3.05, 3.63) is 0 Å². The van der Waals surface area contributed by atoms with Crippen LogP contribution in [0.25, 0.3) is 0 Å². The largest absolute Gasteiger partial charge is 0.396 e. The smallest absolute Gasteiger partial charge is 0.0903 e. The molecule has 4 heteroatoms. The number of hydrogen-bond donors (Lipinski definition) is 2. The summed E-state index contributed by atoms with van der Waals surface area (Å²) in [6, 6.07) is 0. The van der Waals surface area contributed by atoms with Crippen LogP contribution in [-0.4, -0.2) is 60.2 Å². The lowest BCUT2D eigenvalue weighted by Gasteiger charge is -2.57. The Morgan fingerprint density at radius 3 is 2.50 bits per heavy atom. The maximum Gasteiger partial charge on any atom is 0.0903 e. The first-order chi connectivity index (χ1) is 7.70.